The fraction of sp³-hybridized carbons (Fsp3) is 0.417. The first-order valence-electron chi connectivity index (χ1n) is 10.8. The molecule has 3 rings (SSSR count). The van der Waals surface area contributed by atoms with Gasteiger partial charge in [0.25, 0.3) is 11.8 Å². The Balaban J connectivity index is 1.39. The minimum absolute atomic E-state index is 0.108. The van der Waals surface area contributed by atoms with Crippen LogP contribution in [0.4, 0.5) is 5.69 Å². The van der Waals surface area contributed by atoms with E-state index in [2.05, 4.69) is 36.5 Å². The summed E-state index contributed by atoms with van der Waals surface area (Å²) in [5.41, 5.74) is 3.35. The molecular formula is C24H34N4O3+2. The van der Waals surface area contributed by atoms with Gasteiger partial charge in [-0.1, -0.05) is 29.8 Å². The number of quaternary nitrogens is 2. The molecule has 3 N–H and O–H groups in total. The van der Waals surface area contributed by atoms with Crippen molar-refractivity contribution < 1.29 is 24.1 Å². The molecule has 7 nitrogen and oxygen atoms in total. The molecule has 31 heavy (non-hydrogen) atoms. The molecule has 0 radical (unpaired) electrons. The van der Waals surface area contributed by atoms with Crippen LogP contribution < -0.4 is 19.9 Å². The summed E-state index contributed by atoms with van der Waals surface area (Å²) in [5, 5.41) is 2.87. The number of nitrogens with zero attached hydrogens (tertiary/aromatic N) is 1. The molecule has 2 amide bonds. The molecule has 2 aromatic carbocycles. The summed E-state index contributed by atoms with van der Waals surface area (Å²) >= 11 is 0. The number of likely N-dealkylation sites (N-methyl/N-ethyl adjacent to an activating group) is 1. The van der Waals surface area contributed by atoms with Crippen LogP contribution in [0.5, 0.6) is 5.75 Å². The SMILES string of the molecule is COc1ccc(NC(=O)C[NH+](C)CC(=O)N2CC[NH+](Cc3cccc(C)c3)CC2)cc1. The maximum absolute atomic E-state index is 12.7. The number of amides is 2. The molecule has 0 bridgehead atoms. The van der Waals surface area contributed by atoms with Crippen molar-refractivity contribution in [2.75, 3.05) is 58.7 Å². The summed E-state index contributed by atoms with van der Waals surface area (Å²) in [7, 11) is 3.49. The second-order valence-corrected chi connectivity index (χ2v) is 8.38. The molecule has 7 heteroatoms. The minimum atomic E-state index is -0.108. The normalized spacial score (nSPS) is 15.4. The molecule has 2 aromatic rings. The molecule has 1 fully saturated rings. The Morgan fingerprint density at radius 3 is 2.45 bits per heavy atom. The van der Waals surface area contributed by atoms with E-state index >= 15 is 0 Å². The van der Waals surface area contributed by atoms with Crippen molar-refractivity contribution in [3.05, 3.63) is 59.7 Å². The molecule has 0 aliphatic carbocycles. The smallest absolute Gasteiger partial charge is 0.279 e. The van der Waals surface area contributed by atoms with Gasteiger partial charge < -0.3 is 24.8 Å². The van der Waals surface area contributed by atoms with E-state index < -0.39 is 0 Å². The van der Waals surface area contributed by atoms with Crippen molar-refractivity contribution in [3.8, 4) is 5.75 Å². The van der Waals surface area contributed by atoms with Crippen LogP contribution in [0.1, 0.15) is 11.1 Å². The summed E-state index contributed by atoms with van der Waals surface area (Å²) < 4.78 is 5.12. The van der Waals surface area contributed by atoms with Crippen molar-refractivity contribution in [2.45, 2.75) is 13.5 Å². The van der Waals surface area contributed by atoms with Crippen LogP contribution in [-0.2, 0) is 16.1 Å². The van der Waals surface area contributed by atoms with Gasteiger partial charge in [0.05, 0.1) is 40.3 Å². The van der Waals surface area contributed by atoms with Gasteiger partial charge in [0, 0.05) is 11.3 Å². The maximum Gasteiger partial charge on any atom is 0.279 e. The first-order valence-corrected chi connectivity index (χ1v) is 10.8. The number of piperazine rings is 1. The van der Waals surface area contributed by atoms with Gasteiger partial charge in [0.2, 0.25) is 0 Å². The average molecular weight is 427 g/mol. The maximum atomic E-state index is 12.7. The number of benzene rings is 2. The van der Waals surface area contributed by atoms with Crippen molar-refractivity contribution in [2.24, 2.45) is 0 Å². The number of anilines is 1. The summed E-state index contributed by atoms with van der Waals surface area (Å²) in [6, 6.07) is 15.8. The van der Waals surface area contributed by atoms with Gasteiger partial charge in [-0.2, -0.15) is 0 Å². The van der Waals surface area contributed by atoms with Gasteiger partial charge in [-0.25, -0.2) is 0 Å². The van der Waals surface area contributed by atoms with E-state index in [-0.39, 0.29) is 18.4 Å². The van der Waals surface area contributed by atoms with E-state index in [1.807, 2.05) is 11.9 Å². The van der Waals surface area contributed by atoms with E-state index in [1.165, 1.54) is 16.0 Å². The molecule has 1 heterocycles. The largest absolute Gasteiger partial charge is 0.497 e. The first-order chi connectivity index (χ1) is 14.9. The summed E-state index contributed by atoms with van der Waals surface area (Å²) in [6.45, 7) is 7.13. The van der Waals surface area contributed by atoms with E-state index in [0.29, 0.717) is 6.54 Å². The fourth-order valence-electron chi connectivity index (χ4n) is 3.95. The van der Waals surface area contributed by atoms with E-state index in [0.717, 1.165) is 49.1 Å². The standard InChI is InChI=1S/C24H32N4O3/c1-19-5-4-6-20(15-19)16-27-11-13-28(14-12-27)24(30)18-26(2)17-23(29)25-21-7-9-22(31-3)10-8-21/h4-10,15H,11-14,16-18H2,1-3H3,(H,25,29)/p+2. The molecule has 0 aromatic heterocycles. The van der Waals surface area contributed by atoms with Crippen LogP contribution in [0.25, 0.3) is 0 Å². The van der Waals surface area contributed by atoms with Crippen molar-refractivity contribution in [1.29, 1.82) is 0 Å². The summed E-state index contributed by atoms with van der Waals surface area (Å²) in [4.78, 5) is 29.3. The topological polar surface area (TPSA) is 67.5 Å². The van der Waals surface area contributed by atoms with Crippen LogP contribution in [0.3, 0.4) is 0 Å². The third-order valence-electron chi connectivity index (χ3n) is 5.65. The molecule has 0 spiro atoms. The van der Waals surface area contributed by atoms with Crippen LogP contribution in [0.15, 0.2) is 48.5 Å². The van der Waals surface area contributed by atoms with Crippen LogP contribution in [0.2, 0.25) is 0 Å². The number of carbonyl (C=O) groups is 2. The fourth-order valence-corrected chi connectivity index (χ4v) is 3.95. The number of methoxy groups -OCH3 is 1. The number of ether oxygens (including phenoxy) is 1. The summed E-state index contributed by atoms with van der Waals surface area (Å²) in [6.07, 6.45) is 0. The number of nitrogens with one attached hydrogen (secondary N) is 3. The lowest BCUT2D eigenvalue weighted by atomic mass is 10.1. The molecule has 166 valence electrons. The molecule has 1 saturated heterocycles. The second-order valence-electron chi connectivity index (χ2n) is 8.38. The summed E-state index contributed by atoms with van der Waals surface area (Å²) in [5.74, 6) is 0.749. The van der Waals surface area contributed by atoms with E-state index in [9.17, 15) is 9.59 Å². The molecule has 1 aliphatic rings. The van der Waals surface area contributed by atoms with Crippen LogP contribution in [-0.4, -0.2) is 70.1 Å². The predicted octanol–water partition coefficient (Wildman–Crippen LogP) is -0.616. The van der Waals surface area contributed by atoms with Gasteiger partial charge in [0.1, 0.15) is 12.3 Å². The van der Waals surface area contributed by atoms with E-state index in [1.54, 1.807) is 31.4 Å². The number of hydrogen-bond acceptors (Lipinski definition) is 3. The Kier molecular flexibility index (Phi) is 8.03. The highest BCUT2D eigenvalue weighted by Gasteiger charge is 2.26. The second kappa shape index (κ2) is 10.9. The monoisotopic (exact) mass is 426 g/mol. The average Bonchev–Trinajstić information content (AvgIpc) is 2.74. The quantitative estimate of drug-likeness (QED) is 0.527. The molecule has 1 aliphatic heterocycles. The lowest BCUT2D eigenvalue weighted by molar-refractivity contribution is -0.917. The van der Waals surface area contributed by atoms with Crippen molar-refractivity contribution in [1.82, 2.24) is 4.90 Å². The zero-order chi connectivity index (χ0) is 22.2. The van der Waals surface area contributed by atoms with Gasteiger partial charge in [-0.05, 0) is 31.2 Å². The number of rotatable bonds is 8. The Bertz CT molecular complexity index is 877. The van der Waals surface area contributed by atoms with Crippen molar-refractivity contribution >= 4 is 17.5 Å². The molecule has 1 unspecified atom stereocenters. The Labute approximate surface area is 184 Å². The Morgan fingerprint density at radius 2 is 1.81 bits per heavy atom. The molecule has 0 saturated carbocycles. The van der Waals surface area contributed by atoms with Gasteiger partial charge >= 0.3 is 0 Å². The molecule has 1 atom stereocenters. The molecular weight excluding hydrogens is 392 g/mol. The number of aryl methyl sites for hydroxylation is 1. The lowest BCUT2D eigenvalue weighted by Gasteiger charge is -2.32. The Morgan fingerprint density at radius 1 is 1.10 bits per heavy atom. The highest BCUT2D eigenvalue weighted by molar-refractivity contribution is 5.91. The lowest BCUT2D eigenvalue weighted by Crippen LogP contribution is -3.14. The highest BCUT2D eigenvalue weighted by atomic mass is 16.5. The van der Waals surface area contributed by atoms with Crippen LogP contribution >= 0.6 is 0 Å². The van der Waals surface area contributed by atoms with Crippen molar-refractivity contribution in [3.63, 3.8) is 0 Å². The minimum Gasteiger partial charge on any atom is -0.497 e. The third-order valence-corrected chi connectivity index (χ3v) is 5.65. The van der Waals surface area contributed by atoms with Gasteiger partial charge in [-0.3, -0.25) is 9.59 Å². The van der Waals surface area contributed by atoms with Crippen LogP contribution in [0, 0.1) is 6.92 Å². The number of hydrogen-bond donors (Lipinski definition) is 3. The first kappa shape index (κ1) is 22.8. The van der Waals surface area contributed by atoms with Gasteiger partial charge in [-0.15, -0.1) is 0 Å². The number of carbonyl (C=O) groups excluding carboxylic acids is 2. The van der Waals surface area contributed by atoms with Gasteiger partial charge in [0.15, 0.2) is 13.1 Å². The Hall–Kier alpha value is -2.90. The predicted molar refractivity (Wildman–Crippen MR) is 120 cm³/mol. The zero-order valence-electron chi connectivity index (χ0n) is 18.7. The highest BCUT2D eigenvalue weighted by Crippen LogP contribution is 2.14. The third kappa shape index (κ3) is 7.08. The zero-order valence-corrected chi connectivity index (χ0v) is 18.7. The van der Waals surface area contributed by atoms with E-state index in [4.69, 9.17) is 4.74 Å².